The molecule has 0 spiro atoms. The zero-order valence-corrected chi connectivity index (χ0v) is 25.7. The molecule has 8 aromatic rings. The standard InChI is InChI=1S/C43H26N4O/c44-26-31-27-48-37-25-24-36-39(38(31)37)34-18-10-11-19-35(34)43(36,32-16-8-3-9-17-32)33-22-20-30(21-23-33)42-46-40(28-12-4-1-5-13-28)45-41(47-42)29-14-6-2-7-15-29/h1-25,27H. The summed E-state index contributed by atoms with van der Waals surface area (Å²) in [7, 11) is 0. The average Bonchev–Trinajstić information content (AvgIpc) is 3.73. The molecule has 0 radical (unpaired) electrons. The Morgan fingerprint density at radius 3 is 1.62 bits per heavy atom. The summed E-state index contributed by atoms with van der Waals surface area (Å²) < 4.78 is 5.87. The van der Waals surface area contributed by atoms with Crippen LogP contribution < -0.4 is 0 Å². The van der Waals surface area contributed by atoms with Gasteiger partial charge in [0.15, 0.2) is 17.5 Å². The lowest BCUT2D eigenvalue weighted by Crippen LogP contribution is -2.28. The Morgan fingerprint density at radius 1 is 0.500 bits per heavy atom. The maximum absolute atomic E-state index is 10.1. The summed E-state index contributed by atoms with van der Waals surface area (Å²) >= 11 is 0. The number of aromatic nitrogens is 3. The maximum Gasteiger partial charge on any atom is 0.164 e. The Balaban J connectivity index is 1.27. The molecule has 0 fully saturated rings. The third-order valence-electron chi connectivity index (χ3n) is 9.35. The first kappa shape index (κ1) is 27.7. The van der Waals surface area contributed by atoms with Crippen molar-refractivity contribution in [2.24, 2.45) is 0 Å². The summed E-state index contributed by atoms with van der Waals surface area (Å²) in [6.45, 7) is 0. The highest BCUT2D eigenvalue weighted by molar-refractivity contribution is 6.05. The molecule has 224 valence electrons. The fraction of sp³-hybridized carbons (Fsp3) is 0.0233. The first-order valence-corrected chi connectivity index (χ1v) is 15.8. The van der Waals surface area contributed by atoms with Gasteiger partial charge in [-0.15, -0.1) is 0 Å². The highest BCUT2D eigenvalue weighted by Gasteiger charge is 2.47. The van der Waals surface area contributed by atoms with Crippen molar-refractivity contribution in [1.82, 2.24) is 15.0 Å². The van der Waals surface area contributed by atoms with Gasteiger partial charge in [0.25, 0.3) is 0 Å². The number of nitriles is 1. The third-order valence-corrected chi connectivity index (χ3v) is 9.35. The van der Waals surface area contributed by atoms with E-state index in [9.17, 15) is 5.26 Å². The Labute approximate surface area is 277 Å². The molecule has 0 bridgehead atoms. The zero-order chi connectivity index (χ0) is 32.1. The molecule has 6 aromatic carbocycles. The molecule has 2 heterocycles. The van der Waals surface area contributed by atoms with Gasteiger partial charge in [0, 0.05) is 22.1 Å². The number of furan rings is 1. The van der Waals surface area contributed by atoms with Gasteiger partial charge in [0.05, 0.1) is 11.0 Å². The van der Waals surface area contributed by atoms with Crippen molar-refractivity contribution >= 4 is 11.0 Å². The number of hydrogen-bond donors (Lipinski definition) is 0. The van der Waals surface area contributed by atoms with Crippen molar-refractivity contribution in [3.05, 3.63) is 186 Å². The first-order valence-electron chi connectivity index (χ1n) is 15.8. The molecular formula is C43H26N4O. The van der Waals surface area contributed by atoms with Crippen LogP contribution in [0.3, 0.4) is 0 Å². The summed E-state index contributed by atoms with van der Waals surface area (Å²) in [5.41, 5.74) is 10.0. The van der Waals surface area contributed by atoms with Gasteiger partial charge in [0.1, 0.15) is 17.9 Å². The Morgan fingerprint density at radius 2 is 1.02 bits per heavy atom. The molecule has 0 saturated heterocycles. The van der Waals surface area contributed by atoms with Crippen LogP contribution in [0, 0.1) is 11.3 Å². The van der Waals surface area contributed by atoms with Gasteiger partial charge in [0.2, 0.25) is 0 Å². The van der Waals surface area contributed by atoms with Crippen molar-refractivity contribution < 1.29 is 4.42 Å². The lowest BCUT2D eigenvalue weighted by molar-refractivity contribution is 0.614. The Kier molecular flexibility index (Phi) is 6.34. The quantitative estimate of drug-likeness (QED) is 0.193. The monoisotopic (exact) mass is 614 g/mol. The second-order valence-electron chi connectivity index (χ2n) is 11.9. The van der Waals surface area contributed by atoms with Crippen LogP contribution in [-0.2, 0) is 5.41 Å². The Hall–Kier alpha value is -6.64. The van der Waals surface area contributed by atoms with Crippen molar-refractivity contribution in [3.8, 4) is 51.4 Å². The summed E-state index contributed by atoms with van der Waals surface area (Å²) in [5, 5.41) is 10.9. The van der Waals surface area contributed by atoms with Gasteiger partial charge >= 0.3 is 0 Å². The molecule has 0 aliphatic heterocycles. The molecule has 1 aliphatic carbocycles. The summed E-state index contributed by atoms with van der Waals surface area (Å²) in [6.07, 6.45) is 1.56. The molecule has 0 saturated carbocycles. The highest BCUT2D eigenvalue weighted by Crippen LogP contribution is 2.58. The fourth-order valence-electron chi connectivity index (χ4n) is 7.26. The van der Waals surface area contributed by atoms with Crippen LogP contribution in [0.5, 0.6) is 0 Å². The van der Waals surface area contributed by atoms with E-state index in [-0.39, 0.29) is 0 Å². The third kappa shape index (κ3) is 4.13. The molecule has 1 atom stereocenters. The topological polar surface area (TPSA) is 75.6 Å². The van der Waals surface area contributed by atoms with Crippen LogP contribution in [-0.4, -0.2) is 15.0 Å². The van der Waals surface area contributed by atoms with E-state index in [1.54, 1.807) is 6.26 Å². The number of nitrogens with zero attached hydrogens (tertiary/aromatic N) is 4. The molecule has 5 heteroatoms. The molecule has 1 aliphatic rings. The summed E-state index contributed by atoms with van der Waals surface area (Å²) in [4.78, 5) is 14.8. The molecule has 5 nitrogen and oxygen atoms in total. The highest BCUT2D eigenvalue weighted by atomic mass is 16.3. The zero-order valence-electron chi connectivity index (χ0n) is 25.7. The van der Waals surface area contributed by atoms with E-state index < -0.39 is 5.41 Å². The van der Waals surface area contributed by atoms with E-state index >= 15 is 0 Å². The molecule has 48 heavy (non-hydrogen) atoms. The molecule has 0 N–H and O–H groups in total. The van der Waals surface area contributed by atoms with Gasteiger partial charge in [-0.2, -0.15) is 5.26 Å². The van der Waals surface area contributed by atoms with Crippen LogP contribution >= 0.6 is 0 Å². The summed E-state index contributed by atoms with van der Waals surface area (Å²) in [5.74, 6) is 1.86. The molecular weight excluding hydrogens is 589 g/mol. The molecule has 9 rings (SSSR count). The maximum atomic E-state index is 10.1. The second kappa shape index (κ2) is 11.0. The van der Waals surface area contributed by atoms with Crippen molar-refractivity contribution in [2.45, 2.75) is 5.41 Å². The van der Waals surface area contributed by atoms with Gasteiger partial charge in [-0.25, -0.2) is 15.0 Å². The lowest BCUT2D eigenvalue weighted by Gasteiger charge is -2.34. The van der Waals surface area contributed by atoms with Crippen molar-refractivity contribution in [2.75, 3.05) is 0 Å². The largest absolute Gasteiger partial charge is 0.463 e. The average molecular weight is 615 g/mol. The number of benzene rings is 6. The minimum atomic E-state index is -0.632. The van der Waals surface area contributed by atoms with E-state index in [1.807, 2.05) is 72.8 Å². The van der Waals surface area contributed by atoms with Crippen LogP contribution in [0.4, 0.5) is 0 Å². The van der Waals surface area contributed by atoms with E-state index in [2.05, 4.69) is 84.9 Å². The van der Waals surface area contributed by atoms with Gasteiger partial charge in [-0.1, -0.05) is 146 Å². The normalized spacial score (nSPS) is 14.7. The number of rotatable bonds is 5. The van der Waals surface area contributed by atoms with Crippen LogP contribution in [0.25, 0.3) is 56.3 Å². The fourth-order valence-corrected chi connectivity index (χ4v) is 7.26. The molecule has 1 unspecified atom stereocenters. The van der Waals surface area contributed by atoms with Crippen LogP contribution in [0.1, 0.15) is 27.8 Å². The Bertz CT molecular complexity index is 2440. The predicted molar refractivity (Wildman–Crippen MR) is 188 cm³/mol. The predicted octanol–water partition coefficient (Wildman–Crippen LogP) is 9.85. The lowest BCUT2D eigenvalue weighted by atomic mass is 9.67. The van der Waals surface area contributed by atoms with Crippen molar-refractivity contribution in [1.29, 1.82) is 5.26 Å². The van der Waals surface area contributed by atoms with E-state index in [0.717, 1.165) is 55.5 Å². The van der Waals surface area contributed by atoms with E-state index in [4.69, 9.17) is 19.4 Å². The van der Waals surface area contributed by atoms with E-state index in [0.29, 0.717) is 28.6 Å². The molecule has 0 amide bonds. The SMILES string of the molecule is N#Cc1coc2ccc3c(c12)-c1ccccc1C3(c1ccccc1)c1ccc(-c2nc(-c3ccccc3)nc(-c3ccccc3)n2)cc1. The summed E-state index contributed by atoms with van der Waals surface area (Å²) in [6, 6.07) is 54.2. The number of hydrogen-bond acceptors (Lipinski definition) is 5. The van der Waals surface area contributed by atoms with Gasteiger partial charge in [-0.05, 0) is 39.4 Å². The second-order valence-corrected chi connectivity index (χ2v) is 11.9. The minimum Gasteiger partial charge on any atom is -0.463 e. The number of fused-ring (bicyclic) bond motifs is 5. The smallest absolute Gasteiger partial charge is 0.164 e. The van der Waals surface area contributed by atoms with Crippen LogP contribution in [0.15, 0.2) is 162 Å². The van der Waals surface area contributed by atoms with Gasteiger partial charge in [-0.3, -0.25) is 0 Å². The van der Waals surface area contributed by atoms with E-state index in [1.165, 1.54) is 0 Å². The van der Waals surface area contributed by atoms with Crippen LogP contribution in [0.2, 0.25) is 0 Å². The first-order chi connectivity index (χ1) is 23.8. The van der Waals surface area contributed by atoms with Gasteiger partial charge < -0.3 is 4.42 Å². The molecule has 2 aromatic heterocycles. The van der Waals surface area contributed by atoms with Crippen molar-refractivity contribution in [3.63, 3.8) is 0 Å². The minimum absolute atomic E-state index is 0.536.